The van der Waals surface area contributed by atoms with Gasteiger partial charge >= 0.3 is 6.09 Å². The molecule has 11 heteroatoms. The normalized spacial score (nSPS) is 18.2. The van der Waals surface area contributed by atoms with Crippen molar-refractivity contribution in [3.63, 3.8) is 0 Å². The number of anilines is 2. The number of halogens is 2. The summed E-state index contributed by atoms with van der Waals surface area (Å²) in [5.41, 5.74) is 1.46. The number of thiol groups is 1. The molecule has 0 radical (unpaired) electrons. The van der Waals surface area contributed by atoms with Crippen molar-refractivity contribution in [1.82, 2.24) is 10.2 Å². The van der Waals surface area contributed by atoms with E-state index < -0.39 is 23.3 Å². The van der Waals surface area contributed by atoms with E-state index in [1.165, 1.54) is 29.2 Å². The Hall–Kier alpha value is -3.60. The van der Waals surface area contributed by atoms with E-state index in [0.717, 1.165) is 5.56 Å². The molecule has 0 aromatic heterocycles. The number of cyclic esters (lactones) is 1. The van der Waals surface area contributed by atoms with Crippen LogP contribution in [0.1, 0.15) is 5.56 Å². The van der Waals surface area contributed by atoms with Crippen LogP contribution < -0.4 is 15.1 Å². The summed E-state index contributed by atoms with van der Waals surface area (Å²) in [6, 6.07) is 10.4. The number of carbonyl (C=O) groups excluding carboxylic acids is 3. The van der Waals surface area contributed by atoms with Gasteiger partial charge in [-0.2, -0.15) is 0 Å². The van der Waals surface area contributed by atoms with Gasteiger partial charge in [-0.3, -0.25) is 14.5 Å². The Labute approximate surface area is 206 Å². The fraction of sp³-hybridized carbons (Fsp3) is 0.292. The first-order valence-electron chi connectivity index (χ1n) is 11.0. The first kappa shape index (κ1) is 24.5. The molecule has 2 heterocycles. The third kappa shape index (κ3) is 6.10. The van der Waals surface area contributed by atoms with Crippen LogP contribution in [0.15, 0.2) is 48.5 Å². The fourth-order valence-corrected chi connectivity index (χ4v) is 4.07. The van der Waals surface area contributed by atoms with Crippen molar-refractivity contribution in [2.45, 2.75) is 6.10 Å². The molecule has 2 saturated heterocycles. The molecule has 8 nitrogen and oxygen atoms in total. The lowest BCUT2D eigenvalue weighted by atomic mass is 10.2. The first-order chi connectivity index (χ1) is 16.8. The highest BCUT2D eigenvalue weighted by Gasteiger charge is 2.33. The Balaban J connectivity index is 1.33. The van der Waals surface area contributed by atoms with E-state index in [1.807, 2.05) is 4.90 Å². The van der Waals surface area contributed by atoms with E-state index in [1.54, 1.807) is 35.2 Å². The lowest BCUT2D eigenvalue weighted by molar-refractivity contribution is -0.126. The summed E-state index contributed by atoms with van der Waals surface area (Å²) in [5, 5.41) is 1.94. The molecule has 2 aliphatic rings. The number of hydrogen-bond donors (Lipinski definition) is 2. The fourth-order valence-electron chi connectivity index (χ4n) is 3.97. The van der Waals surface area contributed by atoms with Crippen molar-refractivity contribution in [1.29, 1.82) is 0 Å². The zero-order valence-electron chi connectivity index (χ0n) is 18.7. The molecule has 3 amide bonds. The van der Waals surface area contributed by atoms with Crippen molar-refractivity contribution in [3.8, 4) is 0 Å². The summed E-state index contributed by atoms with van der Waals surface area (Å²) < 4.78 is 33.2. The van der Waals surface area contributed by atoms with Crippen molar-refractivity contribution in [2.75, 3.05) is 49.1 Å². The molecule has 184 valence electrons. The van der Waals surface area contributed by atoms with Crippen molar-refractivity contribution < 1.29 is 27.9 Å². The summed E-state index contributed by atoms with van der Waals surface area (Å²) in [6.45, 7) is 2.04. The van der Waals surface area contributed by atoms with Crippen molar-refractivity contribution in [2.24, 2.45) is 0 Å². The second-order valence-corrected chi connectivity index (χ2v) is 8.54. The number of nitrogens with zero attached hydrogens (tertiary/aromatic N) is 3. The molecular weight excluding hydrogens is 478 g/mol. The molecule has 0 saturated carbocycles. The maximum absolute atomic E-state index is 15.0. The summed E-state index contributed by atoms with van der Waals surface area (Å²) in [7, 11) is 0. The van der Waals surface area contributed by atoms with E-state index in [4.69, 9.17) is 4.74 Å². The minimum Gasteiger partial charge on any atom is -0.442 e. The van der Waals surface area contributed by atoms with Crippen LogP contribution in [0.3, 0.4) is 0 Å². The molecular formula is C24H24F2N4O4S. The molecule has 2 aromatic rings. The molecule has 1 N–H and O–H groups in total. The molecule has 2 aliphatic heterocycles. The van der Waals surface area contributed by atoms with E-state index in [9.17, 15) is 23.2 Å². The van der Waals surface area contributed by atoms with Gasteiger partial charge in [0.05, 0.1) is 24.5 Å². The monoisotopic (exact) mass is 502 g/mol. The Bertz CT molecular complexity index is 1140. The Morgan fingerprint density at radius 1 is 1.09 bits per heavy atom. The third-order valence-electron chi connectivity index (χ3n) is 5.82. The highest BCUT2D eigenvalue weighted by atomic mass is 32.1. The number of benzene rings is 2. The van der Waals surface area contributed by atoms with Gasteiger partial charge < -0.3 is 19.9 Å². The topological polar surface area (TPSA) is 82.2 Å². The first-order valence-corrected chi connectivity index (χ1v) is 11.5. The van der Waals surface area contributed by atoms with Gasteiger partial charge in [0, 0.05) is 32.3 Å². The predicted octanol–water partition coefficient (Wildman–Crippen LogP) is 3.29. The maximum atomic E-state index is 15.0. The van der Waals surface area contributed by atoms with Crippen LogP contribution in [-0.2, 0) is 9.53 Å². The van der Waals surface area contributed by atoms with E-state index in [2.05, 4.69) is 17.9 Å². The molecule has 0 unspecified atom stereocenters. The van der Waals surface area contributed by atoms with Gasteiger partial charge in [0.25, 0.3) is 5.24 Å². The van der Waals surface area contributed by atoms with Gasteiger partial charge in [-0.05, 0) is 42.0 Å². The summed E-state index contributed by atoms with van der Waals surface area (Å²) >= 11 is 3.61. The quantitative estimate of drug-likeness (QED) is 0.468. The molecule has 4 rings (SSSR count). The molecule has 2 aromatic carbocycles. The van der Waals surface area contributed by atoms with Crippen molar-refractivity contribution in [3.05, 3.63) is 65.7 Å². The molecule has 2 fully saturated rings. The van der Waals surface area contributed by atoms with E-state index >= 15 is 0 Å². The van der Waals surface area contributed by atoms with Gasteiger partial charge in [-0.1, -0.05) is 24.8 Å². The number of rotatable bonds is 6. The van der Waals surface area contributed by atoms with Crippen LogP contribution in [0.4, 0.5) is 29.7 Å². The SMILES string of the molecule is O=C(S)NC[C@H]1CN(c2ccc(N3CCN(C(=O)C=Cc4ccc(F)cc4)CC3)c(F)c2)C(=O)O1. The predicted molar refractivity (Wildman–Crippen MR) is 131 cm³/mol. The summed E-state index contributed by atoms with van der Waals surface area (Å²) in [6.07, 6.45) is 1.91. The minimum absolute atomic E-state index is 0.118. The van der Waals surface area contributed by atoms with Gasteiger partial charge in [-0.25, -0.2) is 13.6 Å². The Kier molecular flexibility index (Phi) is 7.54. The Morgan fingerprint density at radius 3 is 2.46 bits per heavy atom. The number of carbonyl (C=O) groups is 3. The summed E-state index contributed by atoms with van der Waals surface area (Å²) in [4.78, 5) is 40.4. The van der Waals surface area contributed by atoms with E-state index in [-0.39, 0.29) is 24.8 Å². The minimum atomic E-state index is -0.614. The number of nitrogens with one attached hydrogen (secondary N) is 1. The van der Waals surface area contributed by atoms with Crippen LogP contribution in [0.25, 0.3) is 6.08 Å². The molecule has 0 aliphatic carbocycles. The molecule has 0 bridgehead atoms. The van der Waals surface area contributed by atoms with Crippen LogP contribution >= 0.6 is 12.6 Å². The number of hydrogen-bond acceptors (Lipinski definition) is 5. The zero-order chi connectivity index (χ0) is 24.9. The van der Waals surface area contributed by atoms with Gasteiger partial charge in [0.1, 0.15) is 17.7 Å². The second kappa shape index (κ2) is 10.8. The highest BCUT2D eigenvalue weighted by molar-refractivity contribution is 7.96. The number of ether oxygens (including phenoxy) is 1. The van der Waals surface area contributed by atoms with Gasteiger partial charge in [-0.15, -0.1) is 0 Å². The lowest BCUT2D eigenvalue weighted by Gasteiger charge is -2.36. The zero-order valence-corrected chi connectivity index (χ0v) is 19.6. The largest absolute Gasteiger partial charge is 0.442 e. The van der Waals surface area contributed by atoms with Crippen molar-refractivity contribution >= 4 is 47.3 Å². The van der Waals surface area contributed by atoms with Crippen LogP contribution in [0, 0.1) is 11.6 Å². The summed E-state index contributed by atoms with van der Waals surface area (Å²) in [5.74, 6) is -0.993. The molecule has 35 heavy (non-hydrogen) atoms. The number of piperazine rings is 1. The van der Waals surface area contributed by atoms with Gasteiger partial charge in [0.2, 0.25) is 5.91 Å². The standard InChI is InChI=1S/C24H24F2N4O4S/c25-17-4-1-16(2-5-17)3-8-22(31)29-11-9-28(10-12-29)21-7-6-18(13-20(21)26)30-15-19(34-24(30)33)14-27-23(32)35/h1-8,13,19H,9-12,14-15H2,(H2,27,32,35)/t19-/m0/s1. The van der Waals surface area contributed by atoms with Crippen LogP contribution in [0.2, 0.25) is 0 Å². The second-order valence-electron chi connectivity index (χ2n) is 8.14. The Morgan fingerprint density at radius 2 is 1.80 bits per heavy atom. The van der Waals surface area contributed by atoms with Crippen LogP contribution in [0.5, 0.6) is 0 Å². The highest BCUT2D eigenvalue weighted by Crippen LogP contribution is 2.28. The van der Waals surface area contributed by atoms with Gasteiger partial charge in [0.15, 0.2) is 0 Å². The lowest BCUT2D eigenvalue weighted by Crippen LogP contribution is -2.48. The van der Waals surface area contributed by atoms with Crippen LogP contribution in [-0.4, -0.2) is 67.5 Å². The number of amides is 3. The van der Waals surface area contributed by atoms with E-state index in [0.29, 0.717) is 37.6 Å². The molecule has 1 atom stereocenters. The molecule has 0 spiro atoms. The smallest absolute Gasteiger partial charge is 0.414 e. The third-order valence-corrected chi connectivity index (χ3v) is 5.98. The average molecular weight is 503 g/mol. The maximum Gasteiger partial charge on any atom is 0.414 e. The average Bonchev–Trinajstić information content (AvgIpc) is 3.22.